The predicted molar refractivity (Wildman–Crippen MR) is 107 cm³/mol. The molecule has 2 N–H and O–H groups in total. The number of phenolic OH excluding ortho intramolecular Hbond substituents is 1. The van der Waals surface area contributed by atoms with Crippen molar-refractivity contribution in [3.05, 3.63) is 48.7 Å². The van der Waals surface area contributed by atoms with Crippen LogP contribution < -0.4 is 10.2 Å². The lowest BCUT2D eigenvalue weighted by Gasteiger charge is -2.33. The van der Waals surface area contributed by atoms with Crippen molar-refractivity contribution < 1.29 is 9.50 Å². The second kappa shape index (κ2) is 7.36. The number of benzene rings is 1. The summed E-state index contributed by atoms with van der Waals surface area (Å²) in [6, 6.07) is 7.02. The van der Waals surface area contributed by atoms with Crippen molar-refractivity contribution in [1.82, 2.24) is 25.5 Å². The van der Waals surface area contributed by atoms with Gasteiger partial charge in [0.05, 0.1) is 12.4 Å². The van der Waals surface area contributed by atoms with Gasteiger partial charge in [0.15, 0.2) is 0 Å². The summed E-state index contributed by atoms with van der Waals surface area (Å²) in [4.78, 5) is 10.4. The Morgan fingerprint density at radius 3 is 2.72 bits per heavy atom. The third-order valence-electron chi connectivity index (χ3n) is 5.59. The van der Waals surface area contributed by atoms with Crippen molar-refractivity contribution in [2.24, 2.45) is 5.92 Å². The zero-order valence-corrected chi connectivity index (χ0v) is 15.8. The van der Waals surface area contributed by atoms with Crippen LogP contribution in [0.2, 0.25) is 0 Å². The van der Waals surface area contributed by atoms with E-state index in [2.05, 4.69) is 30.4 Å². The van der Waals surface area contributed by atoms with Gasteiger partial charge in [-0.1, -0.05) is 6.07 Å². The highest BCUT2D eigenvalue weighted by Gasteiger charge is 2.34. The standard InChI is InChI=1S/C21H21FN6O/c22-17-10-23-6-5-15(17)14-3-4-16(20(29)9-14)18-11-25-21(27-26-18)28-8-7-24-19(12-28)13-1-2-13/h3-6,9-11,13,19,24,29H,1-2,7-8,12H2/t19-/m1/s1. The lowest BCUT2D eigenvalue weighted by atomic mass is 10.0. The van der Waals surface area contributed by atoms with Gasteiger partial charge < -0.3 is 15.3 Å². The van der Waals surface area contributed by atoms with Gasteiger partial charge in [-0.2, -0.15) is 0 Å². The highest BCUT2D eigenvalue weighted by atomic mass is 19.1. The van der Waals surface area contributed by atoms with Gasteiger partial charge >= 0.3 is 0 Å². The van der Waals surface area contributed by atoms with Gasteiger partial charge in [-0.3, -0.25) is 4.98 Å². The van der Waals surface area contributed by atoms with Crippen LogP contribution in [0.5, 0.6) is 5.75 Å². The van der Waals surface area contributed by atoms with Crippen LogP contribution >= 0.6 is 0 Å². The Balaban J connectivity index is 1.36. The van der Waals surface area contributed by atoms with Gasteiger partial charge in [0.2, 0.25) is 5.95 Å². The molecule has 0 bridgehead atoms. The Hall–Kier alpha value is -3.13. The van der Waals surface area contributed by atoms with E-state index in [1.54, 1.807) is 24.4 Å². The summed E-state index contributed by atoms with van der Waals surface area (Å²) in [6.45, 7) is 2.66. The van der Waals surface area contributed by atoms with Gasteiger partial charge in [0, 0.05) is 43.0 Å². The van der Waals surface area contributed by atoms with Crippen LogP contribution in [0, 0.1) is 11.7 Å². The molecule has 5 rings (SSSR count). The highest BCUT2D eigenvalue weighted by Crippen LogP contribution is 2.35. The third kappa shape index (κ3) is 3.63. The van der Waals surface area contributed by atoms with Crippen molar-refractivity contribution in [3.63, 3.8) is 0 Å². The molecule has 0 spiro atoms. The summed E-state index contributed by atoms with van der Waals surface area (Å²) in [6.07, 6.45) is 6.88. The van der Waals surface area contributed by atoms with Gasteiger partial charge in [0.25, 0.3) is 0 Å². The minimum Gasteiger partial charge on any atom is -0.507 e. The molecule has 1 saturated carbocycles. The molecule has 1 aliphatic carbocycles. The monoisotopic (exact) mass is 392 g/mol. The van der Waals surface area contributed by atoms with Crippen molar-refractivity contribution in [3.8, 4) is 28.1 Å². The van der Waals surface area contributed by atoms with E-state index in [9.17, 15) is 9.50 Å². The predicted octanol–water partition coefficient (Wildman–Crippen LogP) is 2.63. The number of aromatic nitrogens is 4. The first kappa shape index (κ1) is 17.9. The summed E-state index contributed by atoms with van der Waals surface area (Å²) in [5, 5.41) is 22.6. The first-order chi connectivity index (χ1) is 14.2. The molecule has 1 saturated heterocycles. The molecule has 3 heterocycles. The maximum Gasteiger partial charge on any atom is 0.245 e. The quantitative estimate of drug-likeness (QED) is 0.706. The SMILES string of the molecule is Oc1cc(-c2ccncc2F)ccc1-c1cnc(N2CCN[C@@H](C3CC3)C2)nn1. The van der Waals surface area contributed by atoms with E-state index in [1.165, 1.54) is 25.1 Å². The normalized spacial score (nSPS) is 19.3. The van der Waals surface area contributed by atoms with Gasteiger partial charge in [0.1, 0.15) is 17.3 Å². The number of rotatable bonds is 4. The smallest absolute Gasteiger partial charge is 0.245 e. The number of anilines is 1. The maximum absolute atomic E-state index is 13.9. The molecular weight excluding hydrogens is 371 g/mol. The lowest BCUT2D eigenvalue weighted by Crippen LogP contribution is -2.52. The molecule has 7 nitrogen and oxygen atoms in total. The van der Waals surface area contributed by atoms with E-state index in [-0.39, 0.29) is 5.75 Å². The number of halogens is 1. The molecule has 29 heavy (non-hydrogen) atoms. The zero-order valence-electron chi connectivity index (χ0n) is 15.8. The molecule has 1 aromatic carbocycles. The third-order valence-corrected chi connectivity index (χ3v) is 5.59. The summed E-state index contributed by atoms with van der Waals surface area (Å²) in [7, 11) is 0. The van der Waals surface area contributed by atoms with Crippen LogP contribution in [0.3, 0.4) is 0 Å². The summed E-state index contributed by atoms with van der Waals surface area (Å²) < 4.78 is 13.9. The van der Waals surface area contributed by atoms with Gasteiger partial charge in [-0.25, -0.2) is 9.37 Å². The Morgan fingerprint density at radius 2 is 2.00 bits per heavy atom. The van der Waals surface area contributed by atoms with E-state index in [0.29, 0.717) is 34.4 Å². The average molecular weight is 392 g/mol. The topological polar surface area (TPSA) is 87.1 Å². The fourth-order valence-electron chi connectivity index (χ4n) is 3.84. The van der Waals surface area contributed by atoms with Crippen LogP contribution in [-0.2, 0) is 0 Å². The number of hydrogen-bond donors (Lipinski definition) is 2. The molecule has 2 aromatic heterocycles. The molecular formula is C21H21FN6O. The first-order valence-electron chi connectivity index (χ1n) is 9.80. The summed E-state index contributed by atoms with van der Waals surface area (Å²) in [5.41, 5.74) is 1.92. The number of phenols is 1. The lowest BCUT2D eigenvalue weighted by molar-refractivity contribution is 0.414. The second-order valence-corrected chi connectivity index (χ2v) is 7.57. The summed E-state index contributed by atoms with van der Waals surface area (Å²) >= 11 is 0. The Kier molecular flexibility index (Phi) is 4.55. The van der Waals surface area contributed by atoms with Crippen LogP contribution in [0.1, 0.15) is 12.8 Å². The van der Waals surface area contributed by atoms with E-state index < -0.39 is 5.82 Å². The molecule has 0 amide bonds. The fraction of sp³-hybridized carbons (Fsp3) is 0.333. The van der Waals surface area contributed by atoms with E-state index in [4.69, 9.17) is 0 Å². The number of piperazine rings is 1. The Bertz CT molecular complexity index is 1020. The van der Waals surface area contributed by atoms with E-state index >= 15 is 0 Å². The molecule has 2 fully saturated rings. The maximum atomic E-state index is 13.9. The van der Waals surface area contributed by atoms with Crippen LogP contribution in [0.25, 0.3) is 22.4 Å². The van der Waals surface area contributed by atoms with Crippen LogP contribution in [0.4, 0.5) is 10.3 Å². The molecule has 0 unspecified atom stereocenters. The van der Waals surface area contributed by atoms with Crippen molar-refractivity contribution in [1.29, 1.82) is 0 Å². The molecule has 148 valence electrons. The fourth-order valence-corrected chi connectivity index (χ4v) is 3.84. The molecule has 2 aliphatic rings. The molecule has 3 aromatic rings. The first-order valence-corrected chi connectivity index (χ1v) is 9.80. The largest absolute Gasteiger partial charge is 0.507 e. The van der Waals surface area contributed by atoms with E-state index in [0.717, 1.165) is 31.7 Å². The van der Waals surface area contributed by atoms with Crippen LogP contribution in [-0.4, -0.2) is 50.9 Å². The number of nitrogens with one attached hydrogen (secondary N) is 1. The second-order valence-electron chi connectivity index (χ2n) is 7.57. The van der Waals surface area contributed by atoms with Crippen molar-refractivity contribution in [2.75, 3.05) is 24.5 Å². The summed E-state index contributed by atoms with van der Waals surface area (Å²) in [5.74, 6) is 0.936. The molecule has 1 aliphatic heterocycles. The number of pyridine rings is 1. The molecule has 0 radical (unpaired) electrons. The molecule has 1 atom stereocenters. The number of hydrogen-bond acceptors (Lipinski definition) is 7. The van der Waals surface area contributed by atoms with Gasteiger partial charge in [-0.05, 0) is 42.5 Å². The Labute approximate surface area is 167 Å². The molecule has 8 heteroatoms. The van der Waals surface area contributed by atoms with Crippen molar-refractivity contribution >= 4 is 5.95 Å². The minimum absolute atomic E-state index is 0.00136. The Morgan fingerprint density at radius 1 is 1.10 bits per heavy atom. The average Bonchev–Trinajstić information content (AvgIpc) is 3.60. The van der Waals surface area contributed by atoms with E-state index in [1.807, 2.05) is 0 Å². The van der Waals surface area contributed by atoms with Gasteiger partial charge in [-0.15, -0.1) is 10.2 Å². The zero-order chi connectivity index (χ0) is 19.8. The number of aromatic hydroxyl groups is 1. The highest BCUT2D eigenvalue weighted by molar-refractivity contribution is 5.74. The van der Waals surface area contributed by atoms with Crippen molar-refractivity contribution in [2.45, 2.75) is 18.9 Å². The number of nitrogens with zero attached hydrogens (tertiary/aromatic N) is 5. The van der Waals surface area contributed by atoms with Crippen LogP contribution in [0.15, 0.2) is 42.9 Å². The minimum atomic E-state index is -0.439.